The number of carboxylic acid groups (broad SMARTS) is 1. The van der Waals surface area contributed by atoms with E-state index >= 15 is 0 Å². The Hall–Kier alpha value is -0.610. The van der Waals surface area contributed by atoms with Crippen molar-refractivity contribution in [3.63, 3.8) is 0 Å². The molecule has 3 unspecified atom stereocenters. The molecule has 2 rings (SSSR count). The van der Waals surface area contributed by atoms with Gasteiger partial charge in [-0.15, -0.1) is 0 Å². The van der Waals surface area contributed by atoms with Gasteiger partial charge in [0.05, 0.1) is 0 Å². The third-order valence-corrected chi connectivity index (χ3v) is 4.12. The van der Waals surface area contributed by atoms with E-state index in [4.69, 9.17) is 5.11 Å². The van der Waals surface area contributed by atoms with Crippen molar-refractivity contribution in [1.29, 1.82) is 0 Å². The van der Waals surface area contributed by atoms with Crippen molar-refractivity contribution in [1.82, 2.24) is 10.2 Å². The van der Waals surface area contributed by atoms with Gasteiger partial charge in [0, 0.05) is 12.6 Å². The van der Waals surface area contributed by atoms with E-state index in [9.17, 15) is 4.79 Å². The highest BCUT2D eigenvalue weighted by Gasteiger charge is 2.37. The normalized spacial score (nSPS) is 36.1. The SMILES string of the molecule is CC(C)N1CCC(C2CNC(C(=O)O)C2)C1. The lowest BCUT2D eigenvalue weighted by atomic mass is 9.89. The summed E-state index contributed by atoms with van der Waals surface area (Å²) in [6.45, 7) is 7.67. The summed E-state index contributed by atoms with van der Waals surface area (Å²) in [6, 6.07) is 0.313. The van der Waals surface area contributed by atoms with Crippen LogP contribution in [-0.2, 0) is 4.79 Å². The fraction of sp³-hybridized carbons (Fsp3) is 0.917. The molecule has 0 aliphatic carbocycles. The van der Waals surface area contributed by atoms with Gasteiger partial charge in [0.1, 0.15) is 6.04 Å². The van der Waals surface area contributed by atoms with Crippen LogP contribution in [-0.4, -0.2) is 47.7 Å². The van der Waals surface area contributed by atoms with Crippen LogP contribution in [0.25, 0.3) is 0 Å². The van der Waals surface area contributed by atoms with Gasteiger partial charge >= 0.3 is 5.97 Å². The van der Waals surface area contributed by atoms with Crippen LogP contribution in [0, 0.1) is 11.8 Å². The minimum Gasteiger partial charge on any atom is -0.480 e. The Labute approximate surface area is 97.0 Å². The summed E-state index contributed by atoms with van der Waals surface area (Å²) in [4.78, 5) is 13.4. The van der Waals surface area contributed by atoms with Gasteiger partial charge in [-0.05, 0) is 51.6 Å². The molecule has 0 aromatic carbocycles. The van der Waals surface area contributed by atoms with Gasteiger partial charge in [-0.3, -0.25) is 4.79 Å². The number of carboxylic acids is 1. The lowest BCUT2D eigenvalue weighted by Gasteiger charge is -2.22. The first-order valence-electron chi connectivity index (χ1n) is 6.28. The molecule has 4 nitrogen and oxygen atoms in total. The molecular weight excluding hydrogens is 204 g/mol. The van der Waals surface area contributed by atoms with Crippen LogP contribution < -0.4 is 5.32 Å². The van der Waals surface area contributed by atoms with Crippen molar-refractivity contribution in [2.75, 3.05) is 19.6 Å². The maximum atomic E-state index is 10.9. The van der Waals surface area contributed by atoms with Crippen LogP contribution in [0.1, 0.15) is 26.7 Å². The van der Waals surface area contributed by atoms with E-state index in [2.05, 4.69) is 24.1 Å². The first kappa shape index (κ1) is 11.9. The summed E-state index contributed by atoms with van der Waals surface area (Å²) in [5.41, 5.74) is 0. The Morgan fingerprint density at radius 1 is 1.44 bits per heavy atom. The Morgan fingerprint density at radius 3 is 2.69 bits per heavy atom. The Bertz CT molecular complexity index is 268. The number of rotatable bonds is 3. The maximum absolute atomic E-state index is 10.9. The van der Waals surface area contributed by atoms with E-state index in [1.165, 1.54) is 13.0 Å². The first-order valence-corrected chi connectivity index (χ1v) is 6.28. The monoisotopic (exact) mass is 226 g/mol. The van der Waals surface area contributed by atoms with Crippen molar-refractivity contribution < 1.29 is 9.90 Å². The summed E-state index contributed by atoms with van der Waals surface area (Å²) < 4.78 is 0. The van der Waals surface area contributed by atoms with Crippen LogP contribution in [0.15, 0.2) is 0 Å². The van der Waals surface area contributed by atoms with Crippen LogP contribution in [0.5, 0.6) is 0 Å². The number of hydrogen-bond acceptors (Lipinski definition) is 3. The predicted molar refractivity (Wildman–Crippen MR) is 62.3 cm³/mol. The Morgan fingerprint density at radius 2 is 2.19 bits per heavy atom. The van der Waals surface area contributed by atoms with E-state index in [0.717, 1.165) is 19.5 Å². The molecule has 3 atom stereocenters. The summed E-state index contributed by atoms with van der Waals surface area (Å²) in [5.74, 6) is 0.560. The van der Waals surface area contributed by atoms with Crippen LogP contribution in [0.3, 0.4) is 0 Å². The van der Waals surface area contributed by atoms with E-state index in [1.54, 1.807) is 0 Å². The molecule has 2 fully saturated rings. The molecule has 2 aliphatic heterocycles. The number of carbonyl (C=O) groups is 1. The smallest absolute Gasteiger partial charge is 0.320 e. The molecule has 0 amide bonds. The van der Waals surface area contributed by atoms with Gasteiger partial charge in [0.25, 0.3) is 0 Å². The maximum Gasteiger partial charge on any atom is 0.320 e. The molecule has 2 heterocycles. The Balaban J connectivity index is 1.85. The number of aliphatic carboxylic acids is 1. The van der Waals surface area contributed by atoms with Crippen molar-refractivity contribution >= 4 is 5.97 Å². The highest BCUT2D eigenvalue weighted by molar-refractivity contribution is 5.73. The van der Waals surface area contributed by atoms with Gasteiger partial charge in [-0.2, -0.15) is 0 Å². The van der Waals surface area contributed by atoms with Crippen molar-refractivity contribution in [3.05, 3.63) is 0 Å². The third kappa shape index (κ3) is 2.38. The second kappa shape index (κ2) is 4.72. The fourth-order valence-corrected chi connectivity index (χ4v) is 2.98. The average Bonchev–Trinajstić information content (AvgIpc) is 2.86. The highest BCUT2D eigenvalue weighted by atomic mass is 16.4. The van der Waals surface area contributed by atoms with Gasteiger partial charge in [0.2, 0.25) is 0 Å². The topological polar surface area (TPSA) is 52.6 Å². The zero-order valence-electron chi connectivity index (χ0n) is 10.1. The molecule has 0 spiro atoms. The molecule has 0 aromatic heterocycles. The molecule has 2 N–H and O–H groups in total. The fourth-order valence-electron chi connectivity index (χ4n) is 2.98. The van der Waals surface area contributed by atoms with E-state index in [0.29, 0.717) is 17.9 Å². The molecule has 0 saturated carbocycles. The van der Waals surface area contributed by atoms with Crippen LogP contribution >= 0.6 is 0 Å². The summed E-state index contributed by atoms with van der Waals surface area (Å²) in [6.07, 6.45) is 2.04. The zero-order valence-corrected chi connectivity index (χ0v) is 10.1. The molecule has 0 radical (unpaired) electrons. The van der Waals surface area contributed by atoms with Gasteiger partial charge in [-0.1, -0.05) is 0 Å². The van der Waals surface area contributed by atoms with Crippen molar-refractivity contribution in [3.8, 4) is 0 Å². The molecule has 0 bridgehead atoms. The van der Waals surface area contributed by atoms with Gasteiger partial charge in [-0.25, -0.2) is 0 Å². The molecule has 0 aromatic rings. The van der Waals surface area contributed by atoms with Crippen molar-refractivity contribution in [2.24, 2.45) is 11.8 Å². The second-order valence-electron chi connectivity index (χ2n) is 5.43. The van der Waals surface area contributed by atoms with E-state index in [-0.39, 0.29) is 6.04 Å². The lowest BCUT2D eigenvalue weighted by Crippen LogP contribution is -2.30. The van der Waals surface area contributed by atoms with Crippen molar-refractivity contribution in [2.45, 2.75) is 38.8 Å². The second-order valence-corrected chi connectivity index (χ2v) is 5.43. The number of likely N-dealkylation sites (tertiary alicyclic amines) is 1. The first-order chi connectivity index (χ1) is 7.58. The quantitative estimate of drug-likeness (QED) is 0.746. The van der Waals surface area contributed by atoms with Crippen LogP contribution in [0.4, 0.5) is 0 Å². The molecule has 92 valence electrons. The van der Waals surface area contributed by atoms with Gasteiger partial charge < -0.3 is 15.3 Å². The Kier molecular flexibility index (Phi) is 3.50. The van der Waals surface area contributed by atoms with E-state index in [1.807, 2.05) is 0 Å². The molecule has 2 saturated heterocycles. The number of hydrogen-bond donors (Lipinski definition) is 2. The number of nitrogens with zero attached hydrogens (tertiary/aromatic N) is 1. The number of nitrogens with one attached hydrogen (secondary N) is 1. The van der Waals surface area contributed by atoms with E-state index < -0.39 is 5.97 Å². The third-order valence-electron chi connectivity index (χ3n) is 4.12. The minimum atomic E-state index is -0.693. The highest BCUT2D eigenvalue weighted by Crippen LogP contribution is 2.31. The van der Waals surface area contributed by atoms with Crippen LogP contribution in [0.2, 0.25) is 0 Å². The summed E-state index contributed by atoms with van der Waals surface area (Å²) >= 11 is 0. The average molecular weight is 226 g/mol. The standard InChI is InChI=1S/C12H22N2O2/c1-8(2)14-4-3-9(7-14)10-5-11(12(15)16)13-6-10/h8-11,13H,3-7H2,1-2H3,(H,15,16). The minimum absolute atomic E-state index is 0.307. The lowest BCUT2D eigenvalue weighted by molar-refractivity contribution is -0.139. The largest absolute Gasteiger partial charge is 0.480 e. The molecule has 2 aliphatic rings. The molecular formula is C12H22N2O2. The summed E-state index contributed by atoms with van der Waals surface area (Å²) in [7, 11) is 0. The van der Waals surface area contributed by atoms with Gasteiger partial charge in [0.15, 0.2) is 0 Å². The molecule has 16 heavy (non-hydrogen) atoms. The molecule has 4 heteroatoms. The zero-order chi connectivity index (χ0) is 11.7. The summed E-state index contributed by atoms with van der Waals surface area (Å²) in [5, 5.41) is 12.1. The predicted octanol–water partition coefficient (Wildman–Crippen LogP) is 0.779.